The number of esters is 4. The number of hydrogen-bond donors (Lipinski definition) is 2. The molecule has 0 spiro atoms. The molecule has 2 aromatic carbocycles. The van der Waals surface area contributed by atoms with E-state index in [4.69, 9.17) is 37.9 Å². The van der Waals surface area contributed by atoms with Gasteiger partial charge in [0, 0.05) is 16.7 Å². The fraction of sp³-hybridized carbons (Fsp3) is 0.400. The van der Waals surface area contributed by atoms with E-state index in [1.54, 1.807) is 60.7 Å². The van der Waals surface area contributed by atoms with Crippen LogP contribution in [0.2, 0.25) is 0 Å². The Bertz CT molecular complexity index is 1660. The molecule has 16 nitrogen and oxygen atoms in total. The summed E-state index contributed by atoms with van der Waals surface area (Å²) in [6.45, 7) is 15.2. The highest BCUT2D eigenvalue weighted by Crippen LogP contribution is 2.27. The highest BCUT2D eigenvalue weighted by Gasteiger charge is 2.33. The van der Waals surface area contributed by atoms with Crippen molar-refractivity contribution in [1.82, 2.24) is 10.6 Å². The van der Waals surface area contributed by atoms with E-state index >= 15 is 0 Å². The van der Waals surface area contributed by atoms with Gasteiger partial charge in [-0.05, 0) is 58.4 Å². The Balaban J connectivity index is 1.95. The SMILES string of the molecule is C=C(C)C(=O)OCCNC(=O)OC(COC(=O)C(=C)CC(C)(C)C(=O)OCC(COc1ccccc1)OC(=O)NCCOC(=O)C(=C)C)COc1ccccc1. The molecule has 16 heteroatoms. The lowest BCUT2D eigenvalue weighted by Crippen LogP contribution is -2.38. The van der Waals surface area contributed by atoms with Gasteiger partial charge in [-0.15, -0.1) is 0 Å². The first-order valence-corrected chi connectivity index (χ1v) is 17.5. The van der Waals surface area contributed by atoms with Gasteiger partial charge in [0.2, 0.25) is 0 Å². The topological polar surface area (TPSA) is 200 Å². The summed E-state index contributed by atoms with van der Waals surface area (Å²) in [6.07, 6.45) is -4.06. The number of benzene rings is 2. The Morgan fingerprint density at radius 3 is 1.41 bits per heavy atom. The zero-order valence-corrected chi connectivity index (χ0v) is 32.1. The zero-order valence-electron chi connectivity index (χ0n) is 32.1. The van der Waals surface area contributed by atoms with Crippen LogP contribution in [-0.2, 0) is 47.6 Å². The standard InChI is InChI=1S/C40H50N2O14/c1-27(2)34(43)49-20-18-41-38(47)55-32(23-51-30-14-10-8-11-15-30)25-53-36(45)29(5)22-40(6,7)37(46)54-26-33(24-52-31-16-12-9-13-17-31)56-39(48)42-19-21-50-35(44)28(3)4/h8-17,32-33H,1,3,5,18-26H2,2,4,6-7H3,(H,41,47)(H,42,48). The van der Waals surface area contributed by atoms with Crippen LogP contribution in [0.3, 0.4) is 0 Å². The van der Waals surface area contributed by atoms with Gasteiger partial charge in [0.15, 0.2) is 12.2 Å². The minimum atomic E-state index is -1.30. The Kier molecular flexibility index (Phi) is 19.8. The minimum absolute atomic E-state index is 0.0515. The van der Waals surface area contributed by atoms with Crippen molar-refractivity contribution in [2.75, 3.05) is 52.7 Å². The van der Waals surface area contributed by atoms with Gasteiger partial charge in [-0.3, -0.25) is 4.79 Å². The predicted octanol–water partition coefficient (Wildman–Crippen LogP) is 4.63. The van der Waals surface area contributed by atoms with Crippen LogP contribution in [0.1, 0.15) is 34.1 Å². The van der Waals surface area contributed by atoms with Crippen molar-refractivity contribution < 1.29 is 66.7 Å². The molecular formula is C40H50N2O14. The summed E-state index contributed by atoms with van der Waals surface area (Å²) in [6, 6.07) is 17.4. The number of ether oxygens (including phenoxy) is 8. The number of hydrogen-bond acceptors (Lipinski definition) is 14. The van der Waals surface area contributed by atoms with Crippen molar-refractivity contribution in [2.45, 2.75) is 46.3 Å². The molecule has 0 saturated carbocycles. The van der Waals surface area contributed by atoms with E-state index in [0.717, 1.165) is 0 Å². The molecule has 0 aromatic heterocycles. The maximum Gasteiger partial charge on any atom is 0.407 e. The predicted molar refractivity (Wildman–Crippen MR) is 201 cm³/mol. The number of amides is 2. The summed E-state index contributed by atoms with van der Waals surface area (Å²) in [5, 5.41) is 4.88. The maximum absolute atomic E-state index is 13.2. The molecule has 2 aromatic rings. The minimum Gasteiger partial charge on any atom is -0.490 e. The first kappa shape index (κ1) is 45.8. The molecule has 2 unspecified atom stereocenters. The maximum atomic E-state index is 13.2. The Hall–Kier alpha value is -6.32. The second kappa shape index (κ2) is 24.2. The fourth-order valence-corrected chi connectivity index (χ4v) is 4.18. The van der Waals surface area contributed by atoms with Crippen LogP contribution < -0.4 is 20.1 Å². The van der Waals surface area contributed by atoms with Crippen LogP contribution in [0.15, 0.2) is 97.1 Å². The van der Waals surface area contributed by atoms with Gasteiger partial charge in [0.25, 0.3) is 0 Å². The van der Waals surface area contributed by atoms with Gasteiger partial charge in [-0.2, -0.15) is 0 Å². The summed E-state index contributed by atoms with van der Waals surface area (Å²) in [5.74, 6) is -1.86. The number of rotatable bonds is 24. The quantitative estimate of drug-likeness (QED) is 0.0646. The molecule has 0 bridgehead atoms. The third-order valence-corrected chi connectivity index (χ3v) is 7.11. The van der Waals surface area contributed by atoms with Gasteiger partial charge in [-0.1, -0.05) is 56.1 Å². The van der Waals surface area contributed by atoms with Gasteiger partial charge >= 0.3 is 36.1 Å². The summed E-state index contributed by atoms with van der Waals surface area (Å²) in [7, 11) is 0. The lowest BCUT2D eigenvalue weighted by Gasteiger charge is -2.25. The monoisotopic (exact) mass is 782 g/mol. The molecule has 0 heterocycles. The van der Waals surface area contributed by atoms with E-state index in [1.807, 2.05) is 0 Å². The van der Waals surface area contributed by atoms with Crippen LogP contribution in [0.5, 0.6) is 11.5 Å². The normalized spacial score (nSPS) is 11.6. The van der Waals surface area contributed by atoms with E-state index in [2.05, 4.69) is 30.4 Å². The average Bonchev–Trinajstić information content (AvgIpc) is 3.17. The first-order valence-electron chi connectivity index (χ1n) is 17.5. The molecule has 2 N–H and O–H groups in total. The van der Waals surface area contributed by atoms with E-state index < -0.39 is 66.9 Å². The second-order valence-corrected chi connectivity index (χ2v) is 12.8. The molecule has 2 amide bonds. The lowest BCUT2D eigenvalue weighted by molar-refractivity contribution is -0.157. The summed E-state index contributed by atoms with van der Waals surface area (Å²) in [4.78, 5) is 74.2. The third kappa shape index (κ3) is 18.6. The highest BCUT2D eigenvalue weighted by atomic mass is 16.6. The average molecular weight is 783 g/mol. The highest BCUT2D eigenvalue weighted by molar-refractivity contribution is 5.89. The first-order chi connectivity index (χ1) is 26.6. The molecule has 0 fully saturated rings. The molecule has 0 aliphatic rings. The van der Waals surface area contributed by atoms with Crippen molar-refractivity contribution in [2.24, 2.45) is 5.41 Å². The summed E-state index contributed by atoms with van der Waals surface area (Å²) >= 11 is 0. The van der Waals surface area contributed by atoms with Gasteiger partial charge in [0.1, 0.15) is 51.1 Å². The van der Waals surface area contributed by atoms with Crippen molar-refractivity contribution in [3.05, 3.63) is 97.1 Å². The molecule has 0 aliphatic heterocycles. The Morgan fingerprint density at radius 2 is 1.00 bits per heavy atom. The third-order valence-electron chi connectivity index (χ3n) is 7.11. The summed E-state index contributed by atoms with van der Waals surface area (Å²) < 4.78 is 42.9. The molecule has 2 atom stereocenters. The number of carbonyl (C=O) groups excluding carboxylic acids is 6. The fourth-order valence-electron chi connectivity index (χ4n) is 4.18. The molecular weight excluding hydrogens is 732 g/mol. The van der Waals surface area contributed by atoms with Crippen molar-refractivity contribution in [3.63, 3.8) is 0 Å². The van der Waals surface area contributed by atoms with E-state index in [0.29, 0.717) is 11.5 Å². The number of carbonyl (C=O) groups is 6. The molecule has 2 rings (SSSR count). The van der Waals surface area contributed by atoms with Gasteiger partial charge in [0.05, 0.1) is 18.5 Å². The number of para-hydroxylation sites is 2. The van der Waals surface area contributed by atoms with Crippen molar-refractivity contribution >= 4 is 36.1 Å². The second-order valence-electron chi connectivity index (χ2n) is 12.8. The molecule has 304 valence electrons. The van der Waals surface area contributed by atoms with Crippen molar-refractivity contribution in [1.29, 1.82) is 0 Å². The molecule has 0 saturated heterocycles. The van der Waals surface area contributed by atoms with E-state index in [1.165, 1.54) is 27.7 Å². The largest absolute Gasteiger partial charge is 0.490 e. The lowest BCUT2D eigenvalue weighted by atomic mass is 9.86. The zero-order chi connectivity index (χ0) is 41.5. The summed E-state index contributed by atoms with van der Waals surface area (Å²) in [5.41, 5.74) is -0.959. The van der Waals surface area contributed by atoms with Gasteiger partial charge in [-0.25, -0.2) is 24.0 Å². The molecule has 0 aliphatic carbocycles. The molecule has 56 heavy (non-hydrogen) atoms. The van der Waals surface area contributed by atoms with Crippen LogP contribution >= 0.6 is 0 Å². The van der Waals surface area contributed by atoms with Crippen LogP contribution in [0.25, 0.3) is 0 Å². The van der Waals surface area contributed by atoms with Crippen LogP contribution in [-0.4, -0.2) is 101 Å². The number of alkyl carbamates (subject to hydrolysis) is 2. The Labute approximate surface area is 326 Å². The van der Waals surface area contributed by atoms with Crippen LogP contribution in [0.4, 0.5) is 9.59 Å². The smallest absolute Gasteiger partial charge is 0.407 e. The van der Waals surface area contributed by atoms with Crippen LogP contribution in [0, 0.1) is 5.41 Å². The molecule has 0 radical (unpaired) electrons. The van der Waals surface area contributed by atoms with E-state index in [9.17, 15) is 28.8 Å². The number of nitrogens with one attached hydrogen (secondary N) is 2. The van der Waals surface area contributed by atoms with E-state index in [-0.39, 0.29) is 62.7 Å². The Morgan fingerprint density at radius 1 is 0.589 bits per heavy atom. The van der Waals surface area contributed by atoms with Gasteiger partial charge < -0.3 is 48.5 Å². The van der Waals surface area contributed by atoms with Crippen molar-refractivity contribution in [3.8, 4) is 11.5 Å².